The van der Waals surface area contributed by atoms with Gasteiger partial charge in [-0.3, -0.25) is 0 Å². The summed E-state index contributed by atoms with van der Waals surface area (Å²) in [6.07, 6.45) is 2.61. The van der Waals surface area contributed by atoms with Crippen LogP contribution in [0, 0.1) is 12.8 Å². The first-order chi connectivity index (χ1) is 6.79. The minimum absolute atomic E-state index is 0.771. The van der Waals surface area contributed by atoms with Crippen LogP contribution in [-0.2, 0) is 0 Å². The lowest BCUT2D eigenvalue weighted by Crippen LogP contribution is -2.35. The summed E-state index contributed by atoms with van der Waals surface area (Å²) in [6, 6.07) is 0. The molecule has 1 atom stereocenters. The summed E-state index contributed by atoms with van der Waals surface area (Å²) in [5, 5.41) is 2.19. The first-order valence-electron chi connectivity index (χ1n) is 4.91. The molecular formula is C9H14BrN3S. The van der Waals surface area contributed by atoms with Crippen molar-refractivity contribution >= 4 is 32.6 Å². The summed E-state index contributed by atoms with van der Waals surface area (Å²) < 4.78 is 4.22. The van der Waals surface area contributed by atoms with Crippen LogP contribution in [0.25, 0.3) is 0 Å². The lowest BCUT2D eigenvalue weighted by molar-refractivity contribution is 0.454. The molecule has 3 nitrogen and oxygen atoms in total. The first-order valence-corrected chi connectivity index (χ1v) is 6.80. The Morgan fingerprint density at radius 2 is 2.50 bits per heavy atom. The molecule has 5 heteroatoms. The minimum Gasteiger partial charge on any atom is -0.347 e. The fraction of sp³-hybridized carbons (Fsp3) is 0.778. The van der Waals surface area contributed by atoms with Crippen LogP contribution in [-0.4, -0.2) is 27.8 Å². The molecule has 14 heavy (non-hydrogen) atoms. The second-order valence-corrected chi connectivity index (χ2v) is 5.11. The first kappa shape index (κ1) is 10.4. The van der Waals surface area contributed by atoms with Crippen LogP contribution < -0.4 is 4.90 Å². The van der Waals surface area contributed by atoms with Gasteiger partial charge in [0.25, 0.3) is 0 Å². The lowest BCUT2D eigenvalue weighted by Gasteiger charge is -2.31. The van der Waals surface area contributed by atoms with Gasteiger partial charge in [0, 0.05) is 30.0 Å². The summed E-state index contributed by atoms with van der Waals surface area (Å²) >= 11 is 5.07. The summed E-state index contributed by atoms with van der Waals surface area (Å²) in [5.74, 6) is 1.67. The van der Waals surface area contributed by atoms with E-state index in [0.29, 0.717) is 0 Å². The standard InChI is InChI=1S/C9H14BrN3S/c1-7-11-9(14-12-7)13-4-2-3-8(5-10)6-13/h8H,2-6H2,1H3. The van der Waals surface area contributed by atoms with Gasteiger partial charge in [0.2, 0.25) is 5.13 Å². The molecule has 0 amide bonds. The zero-order chi connectivity index (χ0) is 9.97. The third-order valence-electron chi connectivity index (χ3n) is 2.52. The maximum absolute atomic E-state index is 4.42. The molecule has 1 saturated heterocycles. The molecule has 78 valence electrons. The van der Waals surface area contributed by atoms with Gasteiger partial charge in [-0.25, -0.2) is 4.98 Å². The second kappa shape index (κ2) is 4.57. The zero-order valence-corrected chi connectivity index (χ0v) is 10.6. The third-order valence-corrected chi connectivity index (χ3v) is 4.31. The highest BCUT2D eigenvalue weighted by atomic mass is 79.9. The van der Waals surface area contributed by atoms with E-state index in [4.69, 9.17) is 0 Å². The Hall–Kier alpha value is -0.160. The highest BCUT2D eigenvalue weighted by Gasteiger charge is 2.21. The van der Waals surface area contributed by atoms with E-state index in [9.17, 15) is 0 Å². The molecule has 0 saturated carbocycles. The van der Waals surface area contributed by atoms with E-state index in [1.54, 1.807) is 0 Å². The number of hydrogen-bond donors (Lipinski definition) is 0. The van der Waals surface area contributed by atoms with Crippen molar-refractivity contribution in [2.75, 3.05) is 23.3 Å². The van der Waals surface area contributed by atoms with E-state index >= 15 is 0 Å². The second-order valence-electron chi connectivity index (χ2n) is 3.73. The summed E-state index contributed by atoms with van der Waals surface area (Å²) in [4.78, 5) is 6.78. The number of aryl methyl sites for hydroxylation is 1. The predicted octanol–water partition coefficient (Wildman–Crippen LogP) is 2.46. The Bertz CT molecular complexity index is 302. The minimum atomic E-state index is 0.771. The molecule has 1 aromatic heterocycles. The van der Waals surface area contributed by atoms with E-state index in [0.717, 1.165) is 35.3 Å². The van der Waals surface area contributed by atoms with Crippen molar-refractivity contribution < 1.29 is 0 Å². The van der Waals surface area contributed by atoms with Gasteiger partial charge in [0.1, 0.15) is 5.82 Å². The van der Waals surface area contributed by atoms with Gasteiger partial charge in [0.05, 0.1) is 0 Å². The fourth-order valence-electron chi connectivity index (χ4n) is 1.78. The van der Waals surface area contributed by atoms with Crippen molar-refractivity contribution in [1.29, 1.82) is 0 Å². The molecule has 1 fully saturated rings. The maximum atomic E-state index is 4.42. The Balaban J connectivity index is 2.04. The largest absolute Gasteiger partial charge is 0.347 e. The number of halogens is 1. The van der Waals surface area contributed by atoms with Gasteiger partial charge in [-0.2, -0.15) is 4.37 Å². The fourth-order valence-corrected chi connectivity index (χ4v) is 3.02. The summed E-state index contributed by atoms with van der Waals surface area (Å²) in [6.45, 7) is 4.21. The Morgan fingerprint density at radius 3 is 3.14 bits per heavy atom. The average Bonchev–Trinajstić information content (AvgIpc) is 2.65. The smallest absolute Gasteiger partial charge is 0.205 e. The summed E-state index contributed by atoms with van der Waals surface area (Å²) in [7, 11) is 0. The van der Waals surface area contributed by atoms with E-state index in [1.807, 2.05) is 6.92 Å². The number of rotatable bonds is 2. The molecule has 1 aliphatic heterocycles. The number of aromatic nitrogens is 2. The molecule has 1 unspecified atom stereocenters. The normalized spacial score (nSPS) is 22.7. The monoisotopic (exact) mass is 275 g/mol. The van der Waals surface area contributed by atoms with Gasteiger partial charge in [0.15, 0.2) is 0 Å². The van der Waals surface area contributed by atoms with Crippen molar-refractivity contribution in [3.05, 3.63) is 5.82 Å². The van der Waals surface area contributed by atoms with Crippen LogP contribution in [0.15, 0.2) is 0 Å². The van der Waals surface area contributed by atoms with E-state index in [1.165, 1.54) is 24.4 Å². The molecule has 2 heterocycles. The number of piperidine rings is 1. The molecule has 0 radical (unpaired) electrons. The Kier molecular flexibility index (Phi) is 3.38. The van der Waals surface area contributed by atoms with Crippen LogP contribution in [0.5, 0.6) is 0 Å². The molecule has 0 N–H and O–H groups in total. The molecule has 0 aliphatic carbocycles. The van der Waals surface area contributed by atoms with Crippen LogP contribution in [0.3, 0.4) is 0 Å². The van der Waals surface area contributed by atoms with Crippen molar-refractivity contribution in [2.45, 2.75) is 19.8 Å². The molecule has 2 rings (SSSR count). The van der Waals surface area contributed by atoms with Gasteiger partial charge >= 0.3 is 0 Å². The van der Waals surface area contributed by atoms with Gasteiger partial charge in [-0.05, 0) is 25.7 Å². The maximum Gasteiger partial charge on any atom is 0.205 e. The molecular weight excluding hydrogens is 262 g/mol. The Labute approximate surface area is 96.8 Å². The summed E-state index contributed by atoms with van der Waals surface area (Å²) in [5.41, 5.74) is 0. The van der Waals surface area contributed by atoms with Crippen LogP contribution in [0.2, 0.25) is 0 Å². The van der Waals surface area contributed by atoms with Crippen LogP contribution in [0.1, 0.15) is 18.7 Å². The van der Waals surface area contributed by atoms with Crippen molar-refractivity contribution in [1.82, 2.24) is 9.36 Å². The SMILES string of the molecule is Cc1nsc(N2CCCC(CBr)C2)n1. The molecule has 1 aliphatic rings. The zero-order valence-electron chi connectivity index (χ0n) is 8.24. The van der Waals surface area contributed by atoms with Crippen LogP contribution >= 0.6 is 27.5 Å². The van der Waals surface area contributed by atoms with Gasteiger partial charge < -0.3 is 4.90 Å². The van der Waals surface area contributed by atoms with Gasteiger partial charge in [-0.1, -0.05) is 15.9 Å². The lowest BCUT2D eigenvalue weighted by atomic mass is 10.0. The van der Waals surface area contributed by atoms with E-state index in [-0.39, 0.29) is 0 Å². The van der Waals surface area contributed by atoms with Gasteiger partial charge in [-0.15, -0.1) is 0 Å². The van der Waals surface area contributed by atoms with Crippen molar-refractivity contribution in [2.24, 2.45) is 5.92 Å². The number of nitrogens with zero attached hydrogens (tertiary/aromatic N) is 3. The molecule has 1 aromatic rings. The topological polar surface area (TPSA) is 29.0 Å². The van der Waals surface area contributed by atoms with Crippen molar-refractivity contribution in [3.63, 3.8) is 0 Å². The quantitative estimate of drug-likeness (QED) is 0.777. The van der Waals surface area contributed by atoms with E-state index < -0.39 is 0 Å². The third kappa shape index (κ3) is 2.25. The van der Waals surface area contributed by atoms with Crippen molar-refractivity contribution in [3.8, 4) is 0 Å². The number of anilines is 1. The van der Waals surface area contributed by atoms with E-state index in [2.05, 4.69) is 30.2 Å². The highest BCUT2D eigenvalue weighted by Crippen LogP contribution is 2.25. The number of hydrogen-bond acceptors (Lipinski definition) is 4. The Morgan fingerprint density at radius 1 is 1.64 bits per heavy atom. The molecule has 0 bridgehead atoms. The highest BCUT2D eigenvalue weighted by molar-refractivity contribution is 9.09. The predicted molar refractivity (Wildman–Crippen MR) is 63.4 cm³/mol. The average molecular weight is 276 g/mol. The van der Waals surface area contributed by atoms with Crippen LogP contribution in [0.4, 0.5) is 5.13 Å². The number of alkyl halides is 1. The molecule has 0 aromatic carbocycles. The molecule has 0 spiro atoms.